The number of para-hydroxylation sites is 1. The lowest BCUT2D eigenvalue weighted by molar-refractivity contribution is -0.136. The molecule has 0 spiro atoms. The number of hydrogen-bond donors (Lipinski definition) is 0. The molecule has 1 saturated heterocycles. The minimum absolute atomic E-state index is 0.0250. The van der Waals surface area contributed by atoms with Crippen molar-refractivity contribution < 1.29 is 22.7 Å². The third-order valence-corrected chi connectivity index (χ3v) is 9.07. The molecule has 39 heavy (non-hydrogen) atoms. The van der Waals surface area contributed by atoms with Gasteiger partial charge in [-0.05, 0) is 56.0 Å². The fourth-order valence-electron chi connectivity index (χ4n) is 4.73. The zero-order valence-electron chi connectivity index (χ0n) is 22.3. The molecule has 0 aliphatic carbocycles. The van der Waals surface area contributed by atoms with Crippen molar-refractivity contribution in [3.8, 4) is 5.69 Å². The summed E-state index contributed by atoms with van der Waals surface area (Å²) >= 11 is 6.20. The number of rotatable bonds is 7. The number of carbonyl (C=O) groups is 2. The van der Waals surface area contributed by atoms with E-state index in [9.17, 15) is 22.8 Å². The molecule has 4 rings (SSSR count). The van der Waals surface area contributed by atoms with E-state index in [1.165, 1.54) is 23.9 Å². The van der Waals surface area contributed by atoms with Gasteiger partial charge in [0.1, 0.15) is 5.69 Å². The van der Waals surface area contributed by atoms with Gasteiger partial charge >= 0.3 is 5.97 Å². The highest BCUT2D eigenvalue weighted by atomic mass is 35.5. The Balaban J connectivity index is 1.59. The van der Waals surface area contributed by atoms with E-state index >= 15 is 0 Å². The van der Waals surface area contributed by atoms with Gasteiger partial charge < -0.3 is 9.64 Å². The largest absolute Gasteiger partial charge is 0.452 e. The number of amides is 1. The normalized spacial score (nSPS) is 15.7. The maximum atomic E-state index is 13.6. The van der Waals surface area contributed by atoms with Gasteiger partial charge in [-0.15, -0.1) is 0 Å². The first kappa shape index (κ1) is 28.4. The highest BCUT2D eigenvalue weighted by molar-refractivity contribution is 7.92. The average Bonchev–Trinajstić information content (AvgIpc) is 3.14. The molecule has 3 aromatic rings. The molecular weight excluding hydrogens is 544 g/mol. The number of carbonyl (C=O) groups excluding carboxylic acids is 2. The number of sulfonamides is 1. The second-order valence-electron chi connectivity index (χ2n) is 9.69. The van der Waals surface area contributed by atoms with Gasteiger partial charge in [-0.2, -0.15) is 0 Å². The van der Waals surface area contributed by atoms with Crippen molar-refractivity contribution in [2.24, 2.45) is 13.0 Å². The Kier molecular flexibility index (Phi) is 8.22. The zero-order chi connectivity index (χ0) is 28.5. The van der Waals surface area contributed by atoms with Gasteiger partial charge in [-0.3, -0.25) is 18.6 Å². The predicted octanol–water partition coefficient (Wildman–Crippen LogP) is 3.38. The van der Waals surface area contributed by atoms with E-state index in [1.807, 2.05) is 6.07 Å². The molecule has 1 atom stereocenters. The van der Waals surface area contributed by atoms with Crippen molar-refractivity contribution in [1.29, 1.82) is 0 Å². The Hall–Kier alpha value is -3.57. The Morgan fingerprint density at radius 2 is 1.85 bits per heavy atom. The fourth-order valence-corrected chi connectivity index (χ4v) is 6.20. The Bertz CT molecular complexity index is 1560. The minimum Gasteiger partial charge on any atom is -0.452 e. The van der Waals surface area contributed by atoms with Crippen LogP contribution in [0.5, 0.6) is 0 Å². The number of halogens is 1. The number of nitrogens with zero attached hydrogens (tertiary/aromatic N) is 4. The summed E-state index contributed by atoms with van der Waals surface area (Å²) in [5.74, 6) is -0.860. The quantitative estimate of drug-likeness (QED) is 0.400. The number of hydrogen-bond acceptors (Lipinski definition) is 6. The molecule has 12 heteroatoms. The lowest BCUT2D eigenvalue weighted by Gasteiger charge is -2.30. The molecule has 0 saturated carbocycles. The number of likely N-dealkylation sites (tertiary alicyclic amines) is 1. The maximum absolute atomic E-state index is 13.6. The summed E-state index contributed by atoms with van der Waals surface area (Å²) in [6.07, 6.45) is 1.93. The highest BCUT2D eigenvalue weighted by Crippen LogP contribution is 2.27. The van der Waals surface area contributed by atoms with Crippen molar-refractivity contribution in [3.63, 3.8) is 0 Å². The third kappa shape index (κ3) is 5.60. The molecular formula is C27H31ClN4O6S. The van der Waals surface area contributed by atoms with Crippen LogP contribution in [-0.4, -0.2) is 61.3 Å². The molecule has 2 aromatic carbocycles. The molecule has 1 amide bonds. The van der Waals surface area contributed by atoms with E-state index < -0.39 is 28.2 Å². The van der Waals surface area contributed by atoms with Crippen LogP contribution in [0.1, 0.15) is 35.8 Å². The lowest BCUT2D eigenvalue weighted by atomic mass is 10.0. The van der Waals surface area contributed by atoms with Crippen LogP contribution >= 0.6 is 11.6 Å². The molecule has 1 aromatic heterocycles. The minimum atomic E-state index is -4.28. The fraction of sp³-hybridized carbons (Fsp3) is 0.370. The summed E-state index contributed by atoms with van der Waals surface area (Å²) in [5.41, 5.74) is 0.245. The van der Waals surface area contributed by atoms with E-state index in [0.717, 1.165) is 23.2 Å². The number of anilines is 1. The molecule has 1 fully saturated rings. The van der Waals surface area contributed by atoms with Gasteiger partial charge in [0.15, 0.2) is 6.61 Å². The van der Waals surface area contributed by atoms with Gasteiger partial charge in [0.25, 0.3) is 21.5 Å². The Morgan fingerprint density at radius 3 is 2.51 bits per heavy atom. The molecule has 10 nitrogen and oxygen atoms in total. The van der Waals surface area contributed by atoms with Gasteiger partial charge in [0, 0.05) is 27.2 Å². The van der Waals surface area contributed by atoms with Gasteiger partial charge in [-0.25, -0.2) is 17.9 Å². The SMILES string of the molecule is Cc1c(N(C)S(=O)(=O)c2ccc(Cl)c(C(=O)OCC(=O)N3CCCC(C)C3)c2)c(=O)n(-c2ccccc2)n1C. The van der Waals surface area contributed by atoms with Gasteiger partial charge in [0.2, 0.25) is 0 Å². The molecule has 1 aliphatic rings. The van der Waals surface area contributed by atoms with E-state index in [-0.39, 0.29) is 27.1 Å². The third-order valence-electron chi connectivity index (χ3n) is 6.99. The molecule has 1 unspecified atom stereocenters. The van der Waals surface area contributed by atoms with Crippen LogP contribution in [0.3, 0.4) is 0 Å². The van der Waals surface area contributed by atoms with Crippen LogP contribution in [0.4, 0.5) is 5.69 Å². The van der Waals surface area contributed by atoms with Crippen molar-refractivity contribution in [2.75, 3.05) is 31.0 Å². The summed E-state index contributed by atoms with van der Waals surface area (Å²) in [6, 6.07) is 12.5. The Morgan fingerprint density at radius 1 is 1.15 bits per heavy atom. The first-order chi connectivity index (χ1) is 18.4. The number of esters is 1. The molecule has 0 N–H and O–H groups in total. The number of aromatic nitrogens is 2. The summed E-state index contributed by atoms with van der Waals surface area (Å²) in [7, 11) is -1.35. The maximum Gasteiger partial charge on any atom is 0.340 e. The molecule has 2 heterocycles. The molecule has 0 radical (unpaired) electrons. The smallest absolute Gasteiger partial charge is 0.340 e. The van der Waals surface area contributed by atoms with Crippen LogP contribution in [0.25, 0.3) is 5.69 Å². The summed E-state index contributed by atoms with van der Waals surface area (Å²) < 4.78 is 36.2. The number of ether oxygens (including phenoxy) is 1. The monoisotopic (exact) mass is 574 g/mol. The second-order valence-corrected chi connectivity index (χ2v) is 12.1. The molecule has 208 valence electrons. The first-order valence-corrected chi connectivity index (χ1v) is 14.3. The van der Waals surface area contributed by atoms with Crippen LogP contribution in [0.2, 0.25) is 5.02 Å². The topological polar surface area (TPSA) is 111 Å². The predicted molar refractivity (Wildman–Crippen MR) is 148 cm³/mol. The number of piperidine rings is 1. The highest BCUT2D eigenvalue weighted by Gasteiger charge is 2.30. The van der Waals surface area contributed by atoms with E-state index in [4.69, 9.17) is 16.3 Å². The van der Waals surface area contributed by atoms with Crippen LogP contribution in [0.15, 0.2) is 58.2 Å². The van der Waals surface area contributed by atoms with Gasteiger partial charge in [-0.1, -0.05) is 36.7 Å². The van der Waals surface area contributed by atoms with Gasteiger partial charge in [0.05, 0.1) is 26.9 Å². The van der Waals surface area contributed by atoms with Crippen LogP contribution < -0.4 is 9.86 Å². The zero-order valence-corrected chi connectivity index (χ0v) is 23.8. The van der Waals surface area contributed by atoms with E-state index in [0.29, 0.717) is 30.4 Å². The number of benzene rings is 2. The average molecular weight is 575 g/mol. The molecule has 1 aliphatic heterocycles. The van der Waals surface area contributed by atoms with Crippen LogP contribution in [-0.2, 0) is 26.6 Å². The van der Waals surface area contributed by atoms with Crippen molar-refractivity contribution in [2.45, 2.75) is 31.6 Å². The summed E-state index contributed by atoms with van der Waals surface area (Å²) in [4.78, 5) is 40.1. The van der Waals surface area contributed by atoms with E-state index in [2.05, 4.69) is 6.92 Å². The lowest BCUT2D eigenvalue weighted by Crippen LogP contribution is -2.41. The van der Waals surface area contributed by atoms with E-state index in [1.54, 1.807) is 47.8 Å². The summed E-state index contributed by atoms with van der Waals surface area (Å²) in [5, 5.41) is -0.0250. The Labute approximate surface area is 232 Å². The first-order valence-electron chi connectivity index (χ1n) is 12.5. The standard InChI is InChI=1S/C27H31ClN4O6S/c1-18-9-8-14-31(16-18)24(33)17-38-27(35)22-15-21(12-13-23(22)28)39(36,37)30(4)25-19(2)29(3)32(26(25)34)20-10-6-5-7-11-20/h5-7,10-13,15,18H,8-9,14,16-17H2,1-4H3. The molecule has 0 bridgehead atoms. The van der Waals surface area contributed by atoms with Crippen LogP contribution in [0, 0.1) is 12.8 Å². The van der Waals surface area contributed by atoms with Crippen molar-refractivity contribution in [1.82, 2.24) is 14.3 Å². The van der Waals surface area contributed by atoms with Crippen molar-refractivity contribution >= 4 is 39.2 Å². The summed E-state index contributed by atoms with van der Waals surface area (Å²) in [6.45, 7) is 4.44. The van der Waals surface area contributed by atoms with Crippen molar-refractivity contribution in [3.05, 3.63) is 75.2 Å². The second kappa shape index (κ2) is 11.3.